The van der Waals surface area contributed by atoms with Crippen molar-refractivity contribution in [2.24, 2.45) is 17.6 Å². The molecule has 1 rings (SSSR count). The standard InChI is InChI=1S/C10H19N3O2/c1-6(2)5-15-10(14)13-8(9(11)12)7-3-4-7/h6-8H,3-5H2,1-2H3,(H3,11,12)(H,13,14). The minimum absolute atomic E-state index is 0.0130. The lowest BCUT2D eigenvalue weighted by atomic mass is 10.2. The molecule has 1 unspecified atom stereocenters. The lowest BCUT2D eigenvalue weighted by Gasteiger charge is -2.16. The van der Waals surface area contributed by atoms with Gasteiger partial charge < -0.3 is 15.8 Å². The van der Waals surface area contributed by atoms with E-state index in [4.69, 9.17) is 15.9 Å². The number of carbonyl (C=O) groups excluding carboxylic acids is 1. The van der Waals surface area contributed by atoms with Crippen molar-refractivity contribution in [3.63, 3.8) is 0 Å². The fraction of sp³-hybridized carbons (Fsp3) is 0.800. The first-order valence-corrected chi connectivity index (χ1v) is 5.28. The number of hydrogen-bond acceptors (Lipinski definition) is 3. The first-order valence-electron chi connectivity index (χ1n) is 5.28. The van der Waals surface area contributed by atoms with Crippen LogP contribution in [0.15, 0.2) is 0 Å². The highest BCUT2D eigenvalue weighted by atomic mass is 16.5. The molecule has 15 heavy (non-hydrogen) atoms. The Bertz CT molecular complexity index is 249. The van der Waals surface area contributed by atoms with Gasteiger partial charge >= 0.3 is 6.09 Å². The molecule has 0 bridgehead atoms. The van der Waals surface area contributed by atoms with Crippen molar-refractivity contribution in [3.05, 3.63) is 0 Å². The van der Waals surface area contributed by atoms with Gasteiger partial charge in [-0.1, -0.05) is 13.8 Å². The molecule has 0 radical (unpaired) electrons. The number of rotatable bonds is 5. The molecule has 1 fully saturated rings. The second-order valence-electron chi connectivity index (χ2n) is 4.41. The van der Waals surface area contributed by atoms with E-state index in [0.29, 0.717) is 18.4 Å². The Balaban J connectivity index is 2.31. The number of nitrogens with one attached hydrogen (secondary N) is 2. The van der Waals surface area contributed by atoms with Gasteiger partial charge in [0.2, 0.25) is 0 Å². The van der Waals surface area contributed by atoms with Crippen molar-refractivity contribution >= 4 is 11.9 Å². The molecule has 0 aliphatic heterocycles. The Morgan fingerprint density at radius 1 is 1.60 bits per heavy atom. The summed E-state index contributed by atoms with van der Waals surface area (Å²) in [6.07, 6.45) is 1.57. The van der Waals surface area contributed by atoms with E-state index in [9.17, 15) is 4.79 Å². The highest BCUT2D eigenvalue weighted by Gasteiger charge is 2.34. The molecular formula is C10H19N3O2. The van der Waals surface area contributed by atoms with Gasteiger partial charge in [0.25, 0.3) is 0 Å². The van der Waals surface area contributed by atoms with Crippen LogP contribution in [-0.2, 0) is 4.74 Å². The zero-order chi connectivity index (χ0) is 11.4. The molecule has 1 saturated carbocycles. The quantitative estimate of drug-likeness (QED) is 0.471. The van der Waals surface area contributed by atoms with Crippen LogP contribution in [0.3, 0.4) is 0 Å². The number of alkyl carbamates (subject to hydrolysis) is 1. The largest absolute Gasteiger partial charge is 0.449 e. The van der Waals surface area contributed by atoms with Gasteiger partial charge in [-0.05, 0) is 24.7 Å². The smallest absolute Gasteiger partial charge is 0.407 e. The highest BCUT2D eigenvalue weighted by Crippen LogP contribution is 2.32. The number of hydrogen-bond donors (Lipinski definition) is 3. The molecule has 1 amide bonds. The van der Waals surface area contributed by atoms with E-state index < -0.39 is 6.09 Å². The molecule has 0 spiro atoms. The Kier molecular flexibility index (Phi) is 3.94. The average Bonchev–Trinajstić information content (AvgIpc) is 2.93. The van der Waals surface area contributed by atoms with E-state index in [1.807, 2.05) is 13.8 Å². The molecule has 0 saturated heterocycles. The van der Waals surface area contributed by atoms with Gasteiger partial charge in [-0.25, -0.2) is 4.79 Å². The van der Waals surface area contributed by atoms with E-state index in [0.717, 1.165) is 12.8 Å². The van der Waals surface area contributed by atoms with Crippen LogP contribution in [0.4, 0.5) is 4.79 Å². The van der Waals surface area contributed by atoms with Gasteiger partial charge in [0, 0.05) is 0 Å². The molecule has 4 N–H and O–H groups in total. The normalized spacial score (nSPS) is 17.3. The average molecular weight is 213 g/mol. The zero-order valence-corrected chi connectivity index (χ0v) is 9.25. The summed E-state index contributed by atoms with van der Waals surface area (Å²) in [5.41, 5.74) is 5.39. The van der Waals surface area contributed by atoms with Crippen LogP contribution >= 0.6 is 0 Å². The minimum atomic E-state index is -0.476. The summed E-state index contributed by atoms with van der Waals surface area (Å²) in [5.74, 6) is 0.653. The van der Waals surface area contributed by atoms with Crippen molar-refractivity contribution in [1.29, 1.82) is 5.41 Å². The third kappa shape index (κ3) is 4.18. The summed E-state index contributed by atoms with van der Waals surface area (Å²) >= 11 is 0. The van der Waals surface area contributed by atoms with Gasteiger partial charge in [-0.15, -0.1) is 0 Å². The van der Waals surface area contributed by atoms with E-state index in [2.05, 4.69) is 5.32 Å². The molecule has 1 aliphatic carbocycles. The summed E-state index contributed by atoms with van der Waals surface area (Å²) in [4.78, 5) is 11.3. The molecular weight excluding hydrogens is 194 g/mol. The van der Waals surface area contributed by atoms with Crippen LogP contribution in [-0.4, -0.2) is 24.6 Å². The van der Waals surface area contributed by atoms with Crippen LogP contribution in [0.1, 0.15) is 26.7 Å². The summed E-state index contributed by atoms with van der Waals surface area (Å²) in [7, 11) is 0. The van der Waals surface area contributed by atoms with Crippen molar-refractivity contribution in [2.45, 2.75) is 32.7 Å². The van der Waals surface area contributed by atoms with Crippen LogP contribution in [0.5, 0.6) is 0 Å². The zero-order valence-electron chi connectivity index (χ0n) is 9.25. The van der Waals surface area contributed by atoms with E-state index >= 15 is 0 Å². The second kappa shape index (κ2) is 5.00. The van der Waals surface area contributed by atoms with E-state index in [-0.39, 0.29) is 11.9 Å². The number of carbonyl (C=O) groups is 1. The number of nitrogens with two attached hydrogens (primary N) is 1. The van der Waals surface area contributed by atoms with E-state index in [1.54, 1.807) is 0 Å². The molecule has 1 atom stereocenters. The molecule has 0 heterocycles. The Morgan fingerprint density at radius 2 is 2.20 bits per heavy atom. The van der Waals surface area contributed by atoms with Crippen LogP contribution < -0.4 is 11.1 Å². The predicted molar refractivity (Wildman–Crippen MR) is 57.7 cm³/mol. The Morgan fingerprint density at radius 3 is 2.60 bits per heavy atom. The van der Waals surface area contributed by atoms with Gasteiger partial charge in [-0.2, -0.15) is 0 Å². The summed E-state index contributed by atoms with van der Waals surface area (Å²) < 4.78 is 4.96. The third-order valence-corrected chi connectivity index (χ3v) is 2.25. The summed E-state index contributed by atoms with van der Waals surface area (Å²) in [6.45, 7) is 4.33. The van der Waals surface area contributed by atoms with Gasteiger partial charge in [0.15, 0.2) is 0 Å². The number of amidine groups is 1. The lowest BCUT2D eigenvalue weighted by molar-refractivity contribution is 0.130. The van der Waals surface area contributed by atoms with E-state index in [1.165, 1.54) is 0 Å². The molecule has 1 aliphatic rings. The first-order chi connectivity index (χ1) is 7.00. The Hall–Kier alpha value is -1.26. The minimum Gasteiger partial charge on any atom is -0.449 e. The molecule has 5 heteroatoms. The van der Waals surface area contributed by atoms with Crippen molar-refractivity contribution < 1.29 is 9.53 Å². The Labute approximate surface area is 89.9 Å². The lowest BCUT2D eigenvalue weighted by Crippen LogP contribution is -2.46. The summed E-state index contributed by atoms with van der Waals surface area (Å²) in [5, 5.41) is 9.96. The fourth-order valence-corrected chi connectivity index (χ4v) is 1.29. The van der Waals surface area contributed by atoms with Crippen LogP contribution in [0.25, 0.3) is 0 Å². The summed E-state index contributed by atoms with van der Waals surface area (Å²) in [6, 6.07) is -0.343. The van der Waals surface area contributed by atoms with Crippen LogP contribution in [0.2, 0.25) is 0 Å². The highest BCUT2D eigenvalue weighted by molar-refractivity contribution is 5.87. The van der Waals surface area contributed by atoms with Crippen molar-refractivity contribution in [1.82, 2.24) is 5.32 Å². The van der Waals surface area contributed by atoms with Crippen molar-refractivity contribution in [3.8, 4) is 0 Å². The molecule has 0 aromatic carbocycles. The molecule has 5 nitrogen and oxygen atoms in total. The molecule has 0 aromatic rings. The van der Waals surface area contributed by atoms with Gasteiger partial charge in [-0.3, -0.25) is 5.41 Å². The van der Waals surface area contributed by atoms with Crippen LogP contribution in [0, 0.1) is 17.2 Å². The maximum atomic E-state index is 11.3. The maximum Gasteiger partial charge on any atom is 0.407 e. The van der Waals surface area contributed by atoms with Gasteiger partial charge in [0.1, 0.15) is 5.84 Å². The number of amides is 1. The maximum absolute atomic E-state index is 11.3. The first kappa shape index (κ1) is 11.8. The molecule has 86 valence electrons. The SMILES string of the molecule is CC(C)COC(=O)NC(C(=N)N)C1CC1. The number of ether oxygens (including phenoxy) is 1. The second-order valence-corrected chi connectivity index (χ2v) is 4.41. The topological polar surface area (TPSA) is 88.2 Å². The fourth-order valence-electron chi connectivity index (χ4n) is 1.29. The predicted octanol–water partition coefficient (Wildman–Crippen LogP) is 1.08. The van der Waals surface area contributed by atoms with Gasteiger partial charge in [0.05, 0.1) is 12.6 Å². The molecule has 0 aromatic heterocycles. The third-order valence-electron chi connectivity index (χ3n) is 2.25. The monoisotopic (exact) mass is 213 g/mol. The van der Waals surface area contributed by atoms with Crippen molar-refractivity contribution in [2.75, 3.05) is 6.61 Å².